The summed E-state index contributed by atoms with van der Waals surface area (Å²) in [4.78, 5) is 19.3. The average Bonchev–Trinajstić information content (AvgIpc) is 3.31. The standard InChI is InChI=1S/C17H10FN5S/c18-9-4-11-12(6-21-16(11)20-5-9)14-8-24-17(23-14)13-7-22-15-10(13)2-1-3-19-15/h1-8H,(H,19,22)(H,20,21). The topological polar surface area (TPSA) is 70.2 Å². The van der Waals surface area contributed by atoms with Gasteiger partial charge in [0.25, 0.3) is 0 Å². The van der Waals surface area contributed by atoms with Crippen LogP contribution in [0.25, 0.3) is 43.9 Å². The zero-order valence-corrected chi connectivity index (χ0v) is 13.1. The molecule has 0 bridgehead atoms. The van der Waals surface area contributed by atoms with E-state index in [0.29, 0.717) is 5.65 Å². The van der Waals surface area contributed by atoms with Gasteiger partial charge in [-0.15, -0.1) is 11.3 Å². The molecule has 0 unspecified atom stereocenters. The van der Waals surface area contributed by atoms with E-state index in [4.69, 9.17) is 4.98 Å². The quantitative estimate of drug-likeness (QED) is 0.503. The monoisotopic (exact) mass is 335 g/mol. The number of fused-ring (bicyclic) bond motifs is 2. The van der Waals surface area contributed by atoms with E-state index < -0.39 is 0 Å². The van der Waals surface area contributed by atoms with Crippen molar-refractivity contribution in [1.29, 1.82) is 0 Å². The average molecular weight is 335 g/mol. The Morgan fingerprint density at radius 3 is 2.75 bits per heavy atom. The van der Waals surface area contributed by atoms with Crippen LogP contribution >= 0.6 is 11.3 Å². The Labute approximate surface area is 139 Å². The molecule has 0 fully saturated rings. The third-order valence-corrected chi connectivity index (χ3v) is 4.83. The predicted molar refractivity (Wildman–Crippen MR) is 92.2 cm³/mol. The molecule has 0 aromatic carbocycles. The van der Waals surface area contributed by atoms with E-state index in [1.165, 1.54) is 12.3 Å². The Morgan fingerprint density at radius 1 is 1.00 bits per heavy atom. The highest BCUT2D eigenvalue weighted by Crippen LogP contribution is 2.35. The first-order chi connectivity index (χ1) is 11.8. The van der Waals surface area contributed by atoms with Crippen LogP contribution in [0, 0.1) is 5.82 Å². The molecule has 0 atom stereocenters. The predicted octanol–water partition coefficient (Wildman–Crippen LogP) is 4.37. The van der Waals surface area contributed by atoms with Crippen molar-refractivity contribution in [2.75, 3.05) is 0 Å². The van der Waals surface area contributed by atoms with Crippen LogP contribution in [-0.4, -0.2) is 24.9 Å². The van der Waals surface area contributed by atoms with E-state index in [2.05, 4.69) is 19.9 Å². The van der Waals surface area contributed by atoms with Crippen molar-refractivity contribution >= 4 is 33.4 Å². The number of rotatable bonds is 2. The van der Waals surface area contributed by atoms with Gasteiger partial charge >= 0.3 is 0 Å². The van der Waals surface area contributed by atoms with Gasteiger partial charge in [-0.3, -0.25) is 0 Å². The van der Waals surface area contributed by atoms with Gasteiger partial charge in [0.15, 0.2) is 0 Å². The van der Waals surface area contributed by atoms with Crippen molar-refractivity contribution in [2.45, 2.75) is 0 Å². The third kappa shape index (κ3) is 1.95. The summed E-state index contributed by atoms with van der Waals surface area (Å²) in [6.07, 6.45) is 6.68. The maximum Gasteiger partial charge on any atom is 0.142 e. The van der Waals surface area contributed by atoms with Crippen molar-refractivity contribution in [1.82, 2.24) is 24.9 Å². The van der Waals surface area contributed by atoms with Gasteiger partial charge in [-0.2, -0.15) is 0 Å². The second-order valence-corrected chi connectivity index (χ2v) is 6.25. The number of hydrogen-bond acceptors (Lipinski definition) is 4. The summed E-state index contributed by atoms with van der Waals surface area (Å²) < 4.78 is 13.5. The molecule has 5 rings (SSSR count). The summed E-state index contributed by atoms with van der Waals surface area (Å²) in [6, 6.07) is 5.39. The Bertz CT molecular complexity index is 1190. The van der Waals surface area contributed by atoms with Crippen molar-refractivity contribution < 1.29 is 4.39 Å². The molecule has 0 amide bonds. The van der Waals surface area contributed by atoms with Crippen molar-refractivity contribution in [3.05, 3.63) is 54.2 Å². The number of aromatic amines is 2. The van der Waals surface area contributed by atoms with Crippen LogP contribution in [0.2, 0.25) is 0 Å². The maximum atomic E-state index is 13.5. The van der Waals surface area contributed by atoms with Crippen LogP contribution in [-0.2, 0) is 0 Å². The number of nitrogens with one attached hydrogen (secondary N) is 2. The minimum atomic E-state index is -0.360. The van der Waals surface area contributed by atoms with Crippen LogP contribution in [0.4, 0.5) is 4.39 Å². The summed E-state index contributed by atoms with van der Waals surface area (Å²) in [5.74, 6) is -0.360. The van der Waals surface area contributed by atoms with E-state index in [9.17, 15) is 4.39 Å². The highest BCUT2D eigenvalue weighted by atomic mass is 32.1. The number of aromatic nitrogens is 5. The normalized spacial score (nSPS) is 11.5. The molecule has 5 aromatic heterocycles. The highest BCUT2D eigenvalue weighted by molar-refractivity contribution is 7.13. The lowest BCUT2D eigenvalue weighted by molar-refractivity contribution is 0.624. The molecule has 0 aliphatic heterocycles. The fraction of sp³-hybridized carbons (Fsp3) is 0. The van der Waals surface area contributed by atoms with Gasteiger partial charge in [0, 0.05) is 45.9 Å². The fourth-order valence-corrected chi connectivity index (χ4v) is 3.69. The highest BCUT2D eigenvalue weighted by Gasteiger charge is 2.14. The van der Waals surface area contributed by atoms with E-state index in [0.717, 1.165) is 38.2 Å². The second-order valence-electron chi connectivity index (χ2n) is 5.39. The number of thiazole rings is 1. The molecule has 116 valence electrons. The molecular formula is C17H10FN5S. The summed E-state index contributed by atoms with van der Waals surface area (Å²) >= 11 is 1.55. The fourth-order valence-electron chi connectivity index (χ4n) is 2.84. The molecule has 0 spiro atoms. The van der Waals surface area contributed by atoms with E-state index in [-0.39, 0.29) is 5.82 Å². The molecule has 24 heavy (non-hydrogen) atoms. The first kappa shape index (κ1) is 13.4. The number of hydrogen-bond donors (Lipinski definition) is 2. The third-order valence-electron chi connectivity index (χ3n) is 3.96. The van der Waals surface area contributed by atoms with Crippen molar-refractivity contribution in [2.24, 2.45) is 0 Å². The van der Waals surface area contributed by atoms with Gasteiger partial charge in [0.2, 0.25) is 0 Å². The Balaban J connectivity index is 1.65. The number of pyridine rings is 2. The maximum absolute atomic E-state index is 13.5. The van der Waals surface area contributed by atoms with Crippen LogP contribution in [0.3, 0.4) is 0 Å². The number of halogens is 1. The van der Waals surface area contributed by atoms with Gasteiger partial charge < -0.3 is 9.97 Å². The smallest absolute Gasteiger partial charge is 0.142 e. The summed E-state index contributed by atoms with van der Waals surface area (Å²) in [6.45, 7) is 0. The minimum Gasteiger partial charge on any atom is -0.345 e. The van der Waals surface area contributed by atoms with Crippen LogP contribution in [0.15, 0.2) is 48.4 Å². The molecule has 0 radical (unpaired) electrons. The molecule has 0 aliphatic carbocycles. The Hall–Kier alpha value is -3.06. The lowest BCUT2D eigenvalue weighted by atomic mass is 10.2. The molecule has 7 heteroatoms. The molecular weight excluding hydrogens is 325 g/mol. The molecule has 5 nitrogen and oxygen atoms in total. The lowest BCUT2D eigenvalue weighted by Crippen LogP contribution is -1.81. The molecule has 5 heterocycles. The van der Waals surface area contributed by atoms with Crippen LogP contribution in [0.1, 0.15) is 0 Å². The van der Waals surface area contributed by atoms with Crippen LogP contribution < -0.4 is 0 Å². The zero-order chi connectivity index (χ0) is 16.1. The van der Waals surface area contributed by atoms with Crippen molar-refractivity contribution in [3.63, 3.8) is 0 Å². The minimum absolute atomic E-state index is 0.360. The number of nitrogens with zero attached hydrogens (tertiary/aromatic N) is 3. The first-order valence-electron chi connectivity index (χ1n) is 7.30. The first-order valence-corrected chi connectivity index (χ1v) is 8.18. The van der Waals surface area contributed by atoms with Crippen molar-refractivity contribution in [3.8, 4) is 21.8 Å². The molecule has 0 saturated carbocycles. The zero-order valence-electron chi connectivity index (χ0n) is 12.2. The summed E-state index contributed by atoms with van der Waals surface area (Å²) in [5.41, 5.74) is 4.14. The van der Waals surface area contributed by atoms with Gasteiger partial charge in [-0.1, -0.05) is 0 Å². The van der Waals surface area contributed by atoms with Crippen LogP contribution in [0.5, 0.6) is 0 Å². The van der Waals surface area contributed by atoms with E-state index >= 15 is 0 Å². The molecule has 0 aliphatic rings. The second kappa shape index (κ2) is 4.97. The molecule has 2 N–H and O–H groups in total. The van der Waals surface area contributed by atoms with Gasteiger partial charge in [-0.05, 0) is 18.2 Å². The van der Waals surface area contributed by atoms with E-state index in [1.54, 1.807) is 17.5 Å². The largest absolute Gasteiger partial charge is 0.345 e. The number of H-pyrrole nitrogens is 2. The molecule has 0 saturated heterocycles. The molecule has 5 aromatic rings. The van der Waals surface area contributed by atoms with Gasteiger partial charge in [0.1, 0.15) is 22.1 Å². The summed E-state index contributed by atoms with van der Waals surface area (Å²) in [5, 5.41) is 4.62. The summed E-state index contributed by atoms with van der Waals surface area (Å²) in [7, 11) is 0. The Kier molecular flexibility index (Phi) is 2.77. The lowest BCUT2D eigenvalue weighted by Gasteiger charge is -1.95. The SMILES string of the molecule is Fc1cnc2[nH]cc(-c3csc(-c4c[nH]c5ncccc45)n3)c2c1. The van der Waals surface area contributed by atoms with Gasteiger partial charge in [-0.25, -0.2) is 19.3 Å². The van der Waals surface area contributed by atoms with Gasteiger partial charge in [0.05, 0.1) is 11.9 Å². The van der Waals surface area contributed by atoms with E-state index in [1.807, 2.05) is 29.9 Å². The Morgan fingerprint density at radius 2 is 1.83 bits per heavy atom.